The van der Waals surface area contributed by atoms with Crippen LogP contribution in [-0.4, -0.2) is 45.7 Å². The van der Waals surface area contributed by atoms with Crippen LogP contribution in [0.5, 0.6) is 5.75 Å². The lowest BCUT2D eigenvalue weighted by molar-refractivity contribution is 0.212. The van der Waals surface area contributed by atoms with Gasteiger partial charge in [0.05, 0.1) is 9.88 Å². The van der Waals surface area contributed by atoms with Gasteiger partial charge in [-0.15, -0.1) is 11.3 Å². The minimum atomic E-state index is -0.880. The molecule has 8 heteroatoms. The number of hydrogen-bond donors (Lipinski definition) is 2. The summed E-state index contributed by atoms with van der Waals surface area (Å²) in [6, 6.07) is 6.43. The molecule has 0 spiro atoms. The molecular weight excluding hydrogens is 451 g/mol. The van der Waals surface area contributed by atoms with Crippen LogP contribution < -0.4 is 10.5 Å². The lowest BCUT2D eigenvalue weighted by atomic mass is 9.98. The number of piperidine rings is 1. The SMILES string of the molecule is CN1CCC(c2ncc(-c3cnc(N)c(OCc4cc(C#CC5(O)CC5)ccc4F)c3)s2)CC1. The van der Waals surface area contributed by atoms with Crippen molar-refractivity contribution in [3.63, 3.8) is 0 Å². The fraction of sp³-hybridized carbons (Fsp3) is 0.385. The molecule has 2 aromatic heterocycles. The Labute approximate surface area is 202 Å². The molecule has 34 heavy (non-hydrogen) atoms. The Morgan fingerprint density at radius 3 is 2.79 bits per heavy atom. The topological polar surface area (TPSA) is 84.5 Å². The summed E-state index contributed by atoms with van der Waals surface area (Å²) in [7, 11) is 2.15. The van der Waals surface area contributed by atoms with E-state index in [-0.39, 0.29) is 18.2 Å². The van der Waals surface area contributed by atoms with Gasteiger partial charge in [-0.1, -0.05) is 11.8 Å². The van der Waals surface area contributed by atoms with Gasteiger partial charge in [0.1, 0.15) is 18.0 Å². The van der Waals surface area contributed by atoms with Crippen LogP contribution in [0, 0.1) is 17.7 Å². The maximum Gasteiger partial charge on any atom is 0.166 e. The van der Waals surface area contributed by atoms with E-state index in [1.807, 2.05) is 12.3 Å². The van der Waals surface area contributed by atoms with Crippen LogP contribution in [0.1, 0.15) is 47.7 Å². The molecule has 5 rings (SSSR count). The molecule has 3 heterocycles. The molecular formula is C26H27FN4O2S. The Morgan fingerprint density at radius 1 is 1.24 bits per heavy atom. The van der Waals surface area contributed by atoms with Crippen molar-refractivity contribution in [3.8, 4) is 28.0 Å². The second-order valence-electron chi connectivity index (χ2n) is 9.12. The van der Waals surface area contributed by atoms with E-state index in [0.717, 1.165) is 41.4 Å². The average Bonchev–Trinajstić information content (AvgIpc) is 3.37. The van der Waals surface area contributed by atoms with Crippen molar-refractivity contribution >= 4 is 17.2 Å². The van der Waals surface area contributed by atoms with Crippen LogP contribution in [0.3, 0.4) is 0 Å². The highest BCUT2D eigenvalue weighted by atomic mass is 32.1. The van der Waals surface area contributed by atoms with Gasteiger partial charge in [0, 0.05) is 35.0 Å². The van der Waals surface area contributed by atoms with Crippen LogP contribution in [0.25, 0.3) is 10.4 Å². The van der Waals surface area contributed by atoms with Crippen molar-refractivity contribution in [2.24, 2.45) is 0 Å². The third-order valence-corrected chi connectivity index (χ3v) is 7.56. The van der Waals surface area contributed by atoms with Crippen LogP contribution in [0.2, 0.25) is 0 Å². The monoisotopic (exact) mass is 478 g/mol. The number of likely N-dealkylation sites (tertiary alicyclic amines) is 1. The number of ether oxygens (including phenoxy) is 1. The standard InChI is InChI=1S/C26H27FN4O2S/c1-31-10-5-18(6-11-31)25-30-15-23(34-25)19-13-22(24(28)29-14-19)33-16-20-12-17(2-3-21(20)27)4-7-26(32)8-9-26/h2-3,12-15,18,32H,5-6,8-11,16H2,1H3,(H2,28,29). The number of pyridine rings is 1. The molecule has 1 saturated carbocycles. The summed E-state index contributed by atoms with van der Waals surface area (Å²) < 4.78 is 20.2. The van der Waals surface area contributed by atoms with Gasteiger partial charge in [-0.05, 0) is 70.1 Å². The molecule has 176 valence electrons. The molecule has 0 amide bonds. The quantitative estimate of drug-likeness (QED) is 0.535. The third kappa shape index (κ3) is 5.22. The number of nitrogen functional groups attached to an aromatic ring is 1. The number of aromatic nitrogens is 2. The Hall–Kier alpha value is -2.99. The highest BCUT2D eigenvalue weighted by molar-refractivity contribution is 7.15. The van der Waals surface area contributed by atoms with Crippen molar-refractivity contribution in [1.29, 1.82) is 0 Å². The number of anilines is 1. The fourth-order valence-electron chi connectivity index (χ4n) is 3.92. The van der Waals surface area contributed by atoms with E-state index in [1.54, 1.807) is 29.7 Å². The zero-order chi connectivity index (χ0) is 23.7. The van der Waals surface area contributed by atoms with Crippen molar-refractivity contribution in [3.05, 3.63) is 58.6 Å². The molecule has 0 unspecified atom stereocenters. The minimum Gasteiger partial charge on any atom is -0.485 e. The molecule has 1 aliphatic heterocycles. The first-order chi connectivity index (χ1) is 16.4. The average molecular weight is 479 g/mol. The van der Waals surface area contributed by atoms with E-state index >= 15 is 0 Å². The van der Waals surface area contributed by atoms with Crippen molar-refractivity contribution in [1.82, 2.24) is 14.9 Å². The van der Waals surface area contributed by atoms with Gasteiger partial charge in [0.2, 0.25) is 0 Å². The second-order valence-corrected chi connectivity index (χ2v) is 10.2. The molecule has 0 radical (unpaired) electrons. The second kappa shape index (κ2) is 9.34. The van der Waals surface area contributed by atoms with Crippen molar-refractivity contribution < 1.29 is 14.2 Å². The molecule has 1 aliphatic carbocycles. The number of hydrogen-bond acceptors (Lipinski definition) is 7. The third-order valence-electron chi connectivity index (χ3n) is 6.35. The van der Waals surface area contributed by atoms with E-state index < -0.39 is 5.60 Å². The maximum absolute atomic E-state index is 14.4. The van der Waals surface area contributed by atoms with Gasteiger partial charge in [0.15, 0.2) is 11.6 Å². The lowest BCUT2D eigenvalue weighted by Crippen LogP contribution is -2.29. The number of benzene rings is 1. The zero-order valence-electron chi connectivity index (χ0n) is 19.1. The Bertz CT molecular complexity index is 1250. The predicted molar refractivity (Wildman–Crippen MR) is 131 cm³/mol. The Kier molecular flexibility index (Phi) is 6.26. The molecule has 0 atom stereocenters. The van der Waals surface area contributed by atoms with Crippen molar-refractivity contribution in [2.45, 2.75) is 43.8 Å². The first kappa shape index (κ1) is 22.8. The van der Waals surface area contributed by atoms with Gasteiger partial charge in [-0.3, -0.25) is 0 Å². The highest BCUT2D eigenvalue weighted by Crippen LogP contribution is 2.36. The van der Waals surface area contributed by atoms with E-state index in [4.69, 9.17) is 10.5 Å². The number of rotatable bonds is 5. The number of aliphatic hydroxyl groups is 1. The summed E-state index contributed by atoms with van der Waals surface area (Å²) in [5.41, 5.74) is 7.03. The van der Waals surface area contributed by atoms with Crippen molar-refractivity contribution in [2.75, 3.05) is 25.9 Å². The largest absolute Gasteiger partial charge is 0.485 e. The maximum atomic E-state index is 14.4. The zero-order valence-corrected chi connectivity index (χ0v) is 19.9. The summed E-state index contributed by atoms with van der Waals surface area (Å²) in [4.78, 5) is 12.3. The van der Waals surface area contributed by atoms with E-state index in [1.165, 1.54) is 6.07 Å². The minimum absolute atomic E-state index is 0.00944. The Morgan fingerprint density at radius 2 is 2.03 bits per heavy atom. The summed E-state index contributed by atoms with van der Waals surface area (Å²) in [5.74, 6) is 6.51. The molecule has 3 N–H and O–H groups in total. The Balaban J connectivity index is 1.30. The lowest BCUT2D eigenvalue weighted by Gasteiger charge is -2.27. The van der Waals surface area contributed by atoms with Gasteiger partial charge in [0.25, 0.3) is 0 Å². The van der Waals surface area contributed by atoms with Gasteiger partial charge in [-0.25, -0.2) is 14.4 Å². The molecule has 1 aromatic carbocycles. The summed E-state index contributed by atoms with van der Waals surface area (Å²) in [6.45, 7) is 2.17. The first-order valence-electron chi connectivity index (χ1n) is 11.5. The van der Waals surface area contributed by atoms with E-state index in [9.17, 15) is 9.50 Å². The van der Waals surface area contributed by atoms with Gasteiger partial charge >= 0.3 is 0 Å². The molecule has 3 aromatic rings. The molecule has 2 aliphatic rings. The fourth-order valence-corrected chi connectivity index (χ4v) is 4.99. The summed E-state index contributed by atoms with van der Waals surface area (Å²) in [6.07, 6.45) is 7.19. The molecule has 1 saturated heterocycles. The number of thiazole rings is 1. The summed E-state index contributed by atoms with van der Waals surface area (Å²) >= 11 is 1.68. The number of halogens is 1. The van der Waals surface area contributed by atoms with Gasteiger partial charge in [-0.2, -0.15) is 0 Å². The molecule has 0 bridgehead atoms. The number of nitrogens with zero attached hydrogens (tertiary/aromatic N) is 3. The summed E-state index contributed by atoms with van der Waals surface area (Å²) in [5, 5.41) is 11.1. The molecule has 2 fully saturated rings. The normalized spacial score (nSPS) is 17.7. The van der Waals surface area contributed by atoms with Crippen LogP contribution in [-0.2, 0) is 6.61 Å². The van der Waals surface area contributed by atoms with E-state index in [2.05, 4.69) is 33.8 Å². The highest BCUT2D eigenvalue weighted by Gasteiger charge is 2.38. The smallest absolute Gasteiger partial charge is 0.166 e. The van der Waals surface area contributed by atoms with Crippen LogP contribution in [0.4, 0.5) is 10.2 Å². The predicted octanol–water partition coefficient (Wildman–Crippen LogP) is 4.19. The number of nitrogens with two attached hydrogens (primary N) is 1. The van der Waals surface area contributed by atoms with Crippen LogP contribution in [0.15, 0.2) is 36.7 Å². The molecule has 6 nitrogen and oxygen atoms in total. The van der Waals surface area contributed by atoms with E-state index in [0.29, 0.717) is 35.6 Å². The first-order valence-corrected chi connectivity index (χ1v) is 12.3. The van der Waals surface area contributed by atoms with Crippen LogP contribution >= 0.6 is 11.3 Å². The van der Waals surface area contributed by atoms with Gasteiger partial charge < -0.3 is 20.5 Å².